The highest BCUT2D eigenvalue weighted by molar-refractivity contribution is 7.92. The van der Waals surface area contributed by atoms with E-state index in [9.17, 15) is 13.2 Å². The first kappa shape index (κ1) is 21.4. The second kappa shape index (κ2) is 8.49. The second-order valence-electron chi connectivity index (χ2n) is 7.71. The SMILES string of the molecule is COc1ccc([C@@H]2CC(c3cccs3)=NN2C(=O)CS(=O)(=O)c2c[nH]c3ccccc23)cc1. The van der Waals surface area contributed by atoms with E-state index in [4.69, 9.17) is 4.74 Å². The van der Waals surface area contributed by atoms with Gasteiger partial charge >= 0.3 is 0 Å². The highest BCUT2D eigenvalue weighted by Gasteiger charge is 2.36. The number of H-pyrrole nitrogens is 1. The van der Waals surface area contributed by atoms with Crippen molar-refractivity contribution in [3.05, 3.63) is 82.7 Å². The van der Waals surface area contributed by atoms with Crippen molar-refractivity contribution in [1.29, 1.82) is 0 Å². The molecule has 3 heterocycles. The number of aromatic amines is 1. The molecule has 0 radical (unpaired) electrons. The van der Waals surface area contributed by atoms with Crippen LogP contribution in [0.4, 0.5) is 0 Å². The number of nitrogens with one attached hydrogen (secondary N) is 1. The lowest BCUT2D eigenvalue weighted by Gasteiger charge is -2.22. The number of nitrogens with zero attached hydrogens (tertiary/aromatic N) is 2. The van der Waals surface area contributed by atoms with Crippen molar-refractivity contribution in [2.24, 2.45) is 5.10 Å². The van der Waals surface area contributed by atoms with E-state index in [0.29, 0.717) is 23.1 Å². The number of para-hydroxylation sites is 1. The van der Waals surface area contributed by atoms with E-state index in [-0.39, 0.29) is 4.90 Å². The van der Waals surface area contributed by atoms with E-state index in [2.05, 4.69) is 10.1 Å². The predicted octanol–water partition coefficient (Wildman–Crippen LogP) is 4.39. The number of aromatic nitrogens is 1. The van der Waals surface area contributed by atoms with Gasteiger partial charge in [-0.05, 0) is 35.2 Å². The molecule has 9 heteroatoms. The molecule has 7 nitrogen and oxygen atoms in total. The van der Waals surface area contributed by atoms with Gasteiger partial charge in [-0.15, -0.1) is 11.3 Å². The summed E-state index contributed by atoms with van der Waals surface area (Å²) in [6.07, 6.45) is 1.95. The lowest BCUT2D eigenvalue weighted by atomic mass is 10.0. The van der Waals surface area contributed by atoms with Gasteiger partial charge in [0.05, 0.1) is 28.6 Å². The first-order chi connectivity index (χ1) is 16.0. The summed E-state index contributed by atoms with van der Waals surface area (Å²) in [6, 6.07) is 18.0. The molecule has 168 valence electrons. The van der Waals surface area contributed by atoms with E-state index in [1.807, 2.05) is 47.8 Å². The van der Waals surface area contributed by atoms with E-state index in [1.165, 1.54) is 22.5 Å². The van der Waals surface area contributed by atoms with Crippen molar-refractivity contribution in [2.75, 3.05) is 12.9 Å². The largest absolute Gasteiger partial charge is 0.497 e. The Kier molecular flexibility index (Phi) is 5.51. The molecular formula is C24H21N3O4S2. The number of benzene rings is 2. The Labute approximate surface area is 195 Å². The van der Waals surface area contributed by atoms with Gasteiger partial charge in [0.2, 0.25) is 0 Å². The smallest absolute Gasteiger partial charge is 0.258 e. The van der Waals surface area contributed by atoms with Gasteiger partial charge in [0.1, 0.15) is 11.5 Å². The molecular weight excluding hydrogens is 458 g/mol. The summed E-state index contributed by atoms with van der Waals surface area (Å²) in [6.45, 7) is 0. The molecule has 1 aliphatic rings. The van der Waals surface area contributed by atoms with Crippen molar-refractivity contribution in [1.82, 2.24) is 9.99 Å². The van der Waals surface area contributed by atoms with Crippen LogP contribution >= 0.6 is 11.3 Å². The third-order valence-corrected chi connectivity index (χ3v) is 8.23. The van der Waals surface area contributed by atoms with Gasteiger partial charge in [0, 0.05) is 23.5 Å². The summed E-state index contributed by atoms with van der Waals surface area (Å²) in [5.74, 6) is -0.522. The number of amides is 1. The number of hydrogen-bond donors (Lipinski definition) is 1. The molecule has 0 saturated carbocycles. The third kappa shape index (κ3) is 4.05. The van der Waals surface area contributed by atoms with E-state index >= 15 is 0 Å². The number of hydrazone groups is 1. The Bertz CT molecular complexity index is 1440. The molecule has 0 spiro atoms. The van der Waals surface area contributed by atoms with Gasteiger partial charge in [-0.1, -0.05) is 36.4 Å². The molecule has 0 aliphatic carbocycles. The Balaban J connectivity index is 1.47. The van der Waals surface area contributed by atoms with E-state index in [1.54, 1.807) is 25.3 Å². The molecule has 0 unspecified atom stereocenters. The third-order valence-electron chi connectivity index (χ3n) is 5.67. The first-order valence-corrected chi connectivity index (χ1v) is 12.9. The maximum Gasteiger partial charge on any atom is 0.258 e. The highest BCUT2D eigenvalue weighted by Crippen LogP contribution is 2.35. The van der Waals surface area contributed by atoms with E-state index < -0.39 is 27.5 Å². The number of carbonyl (C=O) groups is 1. The summed E-state index contributed by atoms with van der Waals surface area (Å²) in [5, 5.41) is 8.41. The summed E-state index contributed by atoms with van der Waals surface area (Å²) in [7, 11) is -2.29. The molecule has 0 saturated heterocycles. The second-order valence-corrected chi connectivity index (χ2v) is 10.6. The zero-order valence-corrected chi connectivity index (χ0v) is 19.4. The van der Waals surface area contributed by atoms with Crippen molar-refractivity contribution < 1.29 is 17.9 Å². The standard InChI is InChI=1S/C24H21N3O4S2/c1-31-17-10-8-16(9-11-17)21-13-20(22-7-4-12-32-22)26-27(21)24(28)15-33(29,30)23-14-25-19-6-3-2-5-18(19)23/h2-12,14,21,25H,13,15H2,1H3/t21-/m0/s1. The van der Waals surface area contributed by atoms with Gasteiger partial charge < -0.3 is 9.72 Å². The molecule has 0 bridgehead atoms. The number of sulfone groups is 1. The molecule has 1 N–H and O–H groups in total. The zero-order valence-electron chi connectivity index (χ0n) is 17.8. The number of methoxy groups -OCH3 is 1. The molecule has 33 heavy (non-hydrogen) atoms. The average molecular weight is 480 g/mol. The fourth-order valence-electron chi connectivity index (χ4n) is 4.03. The summed E-state index contributed by atoms with van der Waals surface area (Å²) in [4.78, 5) is 17.4. The number of rotatable bonds is 6. The first-order valence-electron chi connectivity index (χ1n) is 10.3. The Morgan fingerprint density at radius 3 is 2.67 bits per heavy atom. The summed E-state index contributed by atoms with van der Waals surface area (Å²) >= 11 is 1.54. The van der Waals surface area contributed by atoms with Crippen LogP contribution in [0, 0.1) is 0 Å². The van der Waals surface area contributed by atoms with Crippen molar-refractivity contribution >= 4 is 43.7 Å². The maximum absolute atomic E-state index is 13.3. The molecule has 1 aliphatic heterocycles. The monoisotopic (exact) mass is 479 g/mol. The average Bonchev–Trinajstić information content (AvgIpc) is 3.58. The van der Waals surface area contributed by atoms with Gasteiger partial charge in [0.25, 0.3) is 5.91 Å². The number of fused-ring (bicyclic) bond motifs is 1. The fraction of sp³-hybridized carbons (Fsp3) is 0.167. The van der Waals surface area contributed by atoms with Gasteiger partial charge in [0.15, 0.2) is 9.84 Å². The van der Waals surface area contributed by atoms with Crippen molar-refractivity contribution in [3.63, 3.8) is 0 Å². The van der Waals surface area contributed by atoms with Crippen LogP contribution in [-0.4, -0.2) is 42.9 Å². The highest BCUT2D eigenvalue weighted by atomic mass is 32.2. The van der Waals surface area contributed by atoms with Gasteiger partial charge in [-0.25, -0.2) is 13.4 Å². The summed E-state index contributed by atoms with van der Waals surface area (Å²) in [5.41, 5.74) is 2.34. The molecule has 4 aromatic rings. The molecule has 2 aromatic heterocycles. The van der Waals surface area contributed by atoms with Crippen LogP contribution in [0.1, 0.15) is 22.9 Å². The number of thiophene rings is 1. The van der Waals surface area contributed by atoms with Crippen molar-refractivity contribution in [2.45, 2.75) is 17.4 Å². The normalized spacial score (nSPS) is 16.2. The van der Waals surface area contributed by atoms with Crippen LogP contribution in [0.3, 0.4) is 0 Å². The zero-order chi connectivity index (χ0) is 23.0. The topological polar surface area (TPSA) is 91.8 Å². The Hall–Kier alpha value is -3.43. The fourth-order valence-corrected chi connectivity index (χ4v) is 6.11. The molecule has 1 atom stereocenters. The molecule has 1 amide bonds. The number of hydrogen-bond acceptors (Lipinski definition) is 6. The quantitative estimate of drug-likeness (QED) is 0.444. The minimum Gasteiger partial charge on any atom is -0.497 e. The maximum atomic E-state index is 13.3. The summed E-state index contributed by atoms with van der Waals surface area (Å²) < 4.78 is 31.6. The van der Waals surface area contributed by atoms with Crippen molar-refractivity contribution in [3.8, 4) is 5.75 Å². The minimum atomic E-state index is -3.88. The Morgan fingerprint density at radius 1 is 1.15 bits per heavy atom. The predicted molar refractivity (Wildman–Crippen MR) is 128 cm³/mol. The number of ether oxygens (including phenoxy) is 1. The van der Waals surface area contributed by atoms with E-state index in [0.717, 1.165) is 16.2 Å². The Morgan fingerprint density at radius 2 is 1.94 bits per heavy atom. The lowest BCUT2D eigenvalue weighted by Crippen LogP contribution is -2.32. The van der Waals surface area contributed by atoms with Crippen LogP contribution < -0.4 is 4.74 Å². The van der Waals surface area contributed by atoms with Crippen LogP contribution in [0.5, 0.6) is 5.75 Å². The molecule has 0 fully saturated rings. The van der Waals surface area contributed by atoms with Gasteiger partial charge in [-0.2, -0.15) is 5.10 Å². The van der Waals surface area contributed by atoms with Crippen LogP contribution in [-0.2, 0) is 14.6 Å². The molecule has 5 rings (SSSR count). The minimum absolute atomic E-state index is 0.120. The van der Waals surface area contributed by atoms with Crippen LogP contribution in [0.15, 0.2) is 82.2 Å². The number of carbonyl (C=O) groups excluding carboxylic acids is 1. The van der Waals surface area contributed by atoms with Crippen LogP contribution in [0.2, 0.25) is 0 Å². The van der Waals surface area contributed by atoms with Crippen LogP contribution in [0.25, 0.3) is 10.9 Å². The molecule has 2 aromatic carbocycles. The lowest BCUT2D eigenvalue weighted by molar-refractivity contribution is -0.130. The van der Waals surface area contributed by atoms with Gasteiger partial charge in [-0.3, -0.25) is 4.79 Å².